The van der Waals surface area contributed by atoms with Gasteiger partial charge in [0.1, 0.15) is 13.2 Å². The monoisotopic (exact) mass is 883 g/mol. The summed E-state index contributed by atoms with van der Waals surface area (Å²) in [5, 5.41) is 14.0. The first-order valence-electron chi connectivity index (χ1n) is 26.2. The molecule has 3 atom stereocenters. The molecule has 1 amide bonds. The number of quaternary nitrogens is 1. The summed E-state index contributed by atoms with van der Waals surface area (Å²) in [5.41, 5.74) is 0. The van der Waals surface area contributed by atoms with Crippen LogP contribution in [-0.2, 0) is 18.4 Å². The Morgan fingerprint density at radius 2 is 0.934 bits per heavy atom. The van der Waals surface area contributed by atoms with E-state index in [0.717, 1.165) is 38.5 Å². The lowest BCUT2D eigenvalue weighted by Gasteiger charge is -2.30. The molecule has 0 saturated carbocycles. The molecule has 0 aromatic heterocycles. The van der Waals surface area contributed by atoms with Gasteiger partial charge in [0.15, 0.2) is 0 Å². The zero-order valence-corrected chi connectivity index (χ0v) is 42.0. The van der Waals surface area contributed by atoms with Crippen molar-refractivity contribution in [1.29, 1.82) is 0 Å². The Morgan fingerprint density at radius 3 is 1.36 bits per heavy atom. The van der Waals surface area contributed by atoms with Crippen LogP contribution < -0.4 is 10.2 Å². The number of allylic oxidation sites excluding steroid dienone is 4. The quantitative estimate of drug-likeness (QED) is 0.0273. The maximum absolute atomic E-state index is 12.9. The summed E-state index contributed by atoms with van der Waals surface area (Å²) in [6.45, 7) is 4.72. The summed E-state index contributed by atoms with van der Waals surface area (Å²) in [6, 6.07) is -0.801. The molecule has 362 valence electrons. The standard InChI is InChI=1S/C52H103N2O6P/c1-6-8-10-12-14-16-18-20-22-24-26-28-29-31-33-35-37-39-41-43-45-51(55)50(49-60-61(57,58)59-48-47-54(3,4)5)53-52(56)46-44-42-40-38-36-34-32-30-27-25-23-21-19-17-15-13-11-9-7-2/h15,17,19,21,50-51,55H,6-14,16,18,20,22-49H2,1-5H3,(H-,53,56,57,58)/b17-15-,21-19-. The number of hydrogen-bond donors (Lipinski definition) is 2. The van der Waals surface area contributed by atoms with E-state index in [1.807, 2.05) is 21.1 Å². The van der Waals surface area contributed by atoms with Crippen molar-refractivity contribution in [2.24, 2.45) is 0 Å². The van der Waals surface area contributed by atoms with Crippen LogP contribution in [0.3, 0.4) is 0 Å². The van der Waals surface area contributed by atoms with Crippen LogP contribution in [-0.4, -0.2) is 68.5 Å². The summed E-state index contributed by atoms with van der Waals surface area (Å²) in [6.07, 6.45) is 53.3. The SMILES string of the molecule is CCCCC/C=C\C=C/CCCCCCCCCCCCC(=O)NC(COP(=O)([O-])OCC[N+](C)(C)C)C(O)CCCCCCCCCCCCCCCCCCCCCC. The fourth-order valence-electron chi connectivity index (χ4n) is 7.80. The Hall–Kier alpha value is -1.02. The maximum atomic E-state index is 12.9. The lowest BCUT2D eigenvalue weighted by Crippen LogP contribution is -2.46. The second kappa shape index (κ2) is 44.2. The Bertz CT molecular complexity index is 1050. The number of nitrogens with one attached hydrogen (secondary N) is 1. The van der Waals surface area contributed by atoms with E-state index >= 15 is 0 Å². The molecule has 3 unspecified atom stereocenters. The van der Waals surface area contributed by atoms with Crippen LogP contribution in [0.5, 0.6) is 0 Å². The van der Waals surface area contributed by atoms with E-state index in [2.05, 4.69) is 43.5 Å². The number of rotatable bonds is 48. The predicted molar refractivity (Wildman–Crippen MR) is 261 cm³/mol. The van der Waals surface area contributed by atoms with E-state index in [0.29, 0.717) is 23.9 Å². The molecule has 0 aromatic carbocycles. The van der Waals surface area contributed by atoms with Gasteiger partial charge in [-0.1, -0.05) is 231 Å². The second-order valence-corrected chi connectivity index (χ2v) is 20.7. The van der Waals surface area contributed by atoms with Crippen LogP contribution in [0.4, 0.5) is 0 Å². The minimum Gasteiger partial charge on any atom is -0.756 e. The number of carbonyl (C=O) groups is 1. The highest BCUT2D eigenvalue weighted by atomic mass is 31.2. The van der Waals surface area contributed by atoms with Crippen molar-refractivity contribution in [3.8, 4) is 0 Å². The summed E-state index contributed by atoms with van der Waals surface area (Å²) >= 11 is 0. The molecule has 0 radical (unpaired) electrons. The van der Waals surface area contributed by atoms with Crippen LogP contribution in [0.1, 0.15) is 251 Å². The Kier molecular flexibility index (Phi) is 43.5. The molecule has 0 aliphatic rings. The summed E-state index contributed by atoms with van der Waals surface area (Å²) in [5.74, 6) is -0.166. The smallest absolute Gasteiger partial charge is 0.268 e. The number of carbonyl (C=O) groups excluding carboxylic acids is 1. The average Bonchev–Trinajstić information content (AvgIpc) is 3.21. The highest BCUT2D eigenvalue weighted by Crippen LogP contribution is 2.38. The maximum Gasteiger partial charge on any atom is 0.268 e. The zero-order chi connectivity index (χ0) is 45.0. The molecule has 0 heterocycles. The summed E-state index contributed by atoms with van der Waals surface area (Å²) < 4.78 is 23.4. The van der Waals surface area contributed by atoms with Crippen molar-refractivity contribution >= 4 is 13.7 Å². The van der Waals surface area contributed by atoms with Gasteiger partial charge in [0.25, 0.3) is 7.82 Å². The van der Waals surface area contributed by atoms with Crippen LogP contribution >= 0.6 is 7.82 Å². The molecule has 0 aromatic rings. The van der Waals surface area contributed by atoms with E-state index in [1.165, 1.54) is 186 Å². The molecule has 2 N–H and O–H groups in total. The molecule has 0 aliphatic heterocycles. The first-order valence-corrected chi connectivity index (χ1v) is 27.7. The van der Waals surface area contributed by atoms with Crippen LogP contribution in [0.15, 0.2) is 24.3 Å². The van der Waals surface area contributed by atoms with Gasteiger partial charge in [-0.2, -0.15) is 0 Å². The van der Waals surface area contributed by atoms with Crippen molar-refractivity contribution in [2.45, 2.75) is 264 Å². The van der Waals surface area contributed by atoms with E-state index in [1.54, 1.807) is 0 Å². The number of unbranched alkanes of at least 4 members (excludes halogenated alkanes) is 32. The molecule has 0 rings (SSSR count). The molecule has 0 bridgehead atoms. The topological polar surface area (TPSA) is 108 Å². The van der Waals surface area contributed by atoms with Gasteiger partial charge < -0.3 is 28.8 Å². The van der Waals surface area contributed by atoms with Crippen LogP contribution in [0.2, 0.25) is 0 Å². The fraction of sp³-hybridized carbons (Fsp3) is 0.904. The van der Waals surface area contributed by atoms with Crippen molar-refractivity contribution in [2.75, 3.05) is 40.9 Å². The van der Waals surface area contributed by atoms with E-state index in [9.17, 15) is 19.4 Å². The second-order valence-electron chi connectivity index (χ2n) is 19.3. The third-order valence-corrected chi connectivity index (χ3v) is 12.9. The van der Waals surface area contributed by atoms with Crippen molar-refractivity contribution < 1.29 is 32.9 Å². The predicted octanol–water partition coefficient (Wildman–Crippen LogP) is 14.6. The van der Waals surface area contributed by atoms with Crippen molar-refractivity contribution in [3.05, 3.63) is 24.3 Å². The van der Waals surface area contributed by atoms with Gasteiger partial charge >= 0.3 is 0 Å². The minimum atomic E-state index is -4.57. The highest BCUT2D eigenvalue weighted by Gasteiger charge is 2.24. The van der Waals surface area contributed by atoms with E-state index in [4.69, 9.17) is 9.05 Å². The van der Waals surface area contributed by atoms with Gasteiger partial charge in [0, 0.05) is 6.42 Å². The number of nitrogens with zero attached hydrogens (tertiary/aromatic N) is 1. The molecular formula is C52H103N2O6P. The average molecular weight is 883 g/mol. The molecule has 61 heavy (non-hydrogen) atoms. The largest absolute Gasteiger partial charge is 0.756 e. The number of amides is 1. The summed E-state index contributed by atoms with van der Waals surface area (Å²) in [4.78, 5) is 25.5. The molecule has 8 nitrogen and oxygen atoms in total. The highest BCUT2D eigenvalue weighted by molar-refractivity contribution is 7.45. The Balaban J connectivity index is 4.24. The van der Waals surface area contributed by atoms with Gasteiger partial charge in [0.2, 0.25) is 5.91 Å². The normalized spacial score (nSPS) is 14.3. The lowest BCUT2D eigenvalue weighted by molar-refractivity contribution is -0.870. The Labute approximate surface area is 379 Å². The molecular weight excluding hydrogens is 780 g/mol. The number of hydrogen-bond acceptors (Lipinski definition) is 6. The molecule has 0 fully saturated rings. The fourth-order valence-corrected chi connectivity index (χ4v) is 8.52. The number of phosphoric ester groups is 1. The van der Waals surface area contributed by atoms with Gasteiger partial charge in [0.05, 0.1) is 39.9 Å². The van der Waals surface area contributed by atoms with Gasteiger partial charge in [-0.3, -0.25) is 9.36 Å². The lowest BCUT2D eigenvalue weighted by atomic mass is 10.0. The number of aliphatic hydroxyl groups excluding tert-OH is 1. The first-order chi connectivity index (χ1) is 29.5. The third-order valence-electron chi connectivity index (χ3n) is 12.0. The third kappa shape index (κ3) is 46.8. The first kappa shape index (κ1) is 60.0. The van der Waals surface area contributed by atoms with Crippen molar-refractivity contribution in [3.63, 3.8) is 0 Å². The van der Waals surface area contributed by atoms with E-state index in [-0.39, 0.29) is 19.1 Å². The number of likely N-dealkylation sites (N-methyl/N-ethyl adjacent to an activating group) is 1. The van der Waals surface area contributed by atoms with Crippen LogP contribution in [0.25, 0.3) is 0 Å². The molecule has 9 heteroatoms. The number of aliphatic hydroxyl groups is 1. The molecule has 0 aliphatic carbocycles. The zero-order valence-electron chi connectivity index (χ0n) is 41.1. The van der Waals surface area contributed by atoms with Crippen molar-refractivity contribution in [1.82, 2.24) is 5.32 Å². The molecule has 0 spiro atoms. The summed E-state index contributed by atoms with van der Waals surface area (Å²) in [7, 11) is 1.31. The van der Waals surface area contributed by atoms with Gasteiger partial charge in [-0.15, -0.1) is 0 Å². The van der Waals surface area contributed by atoms with Crippen LogP contribution in [0, 0.1) is 0 Å². The number of phosphoric acid groups is 1. The molecule has 0 saturated heterocycles. The minimum absolute atomic E-state index is 0.0125. The van der Waals surface area contributed by atoms with Gasteiger partial charge in [-0.05, 0) is 38.5 Å². The Morgan fingerprint density at radius 1 is 0.574 bits per heavy atom. The van der Waals surface area contributed by atoms with E-state index < -0.39 is 20.0 Å². The van der Waals surface area contributed by atoms with Gasteiger partial charge in [-0.25, -0.2) is 0 Å².